The van der Waals surface area contributed by atoms with Crippen molar-refractivity contribution in [1.82, 2.24) is 5.32 Å². The number of anilines is 1. The summed E-state index contributed by atoms with van der Waals surface area (Å²) < 4.78 is 5.29. The molecule has 1 aromatic rings. The van der Waals surface area contributed by atoms with E-state index in [4.69, 9.17) is 10.5 Å². The molecule has 0 radical (unpaired) electrons. The van der Waals surface area contributed by atoms with Gasteiger partial charge in [-0.25, -0.2) is 0 Å². The minimum Gasteiger partial charge on any atom is -0.398 e. The first-order valence-corrected chi connectivity index (χ1v) is 6.30. The zero-order valence-corrected chi connectivity index (χ0v) is 10.9. The van der Waals surface area contributed by atoms with Crippen molar-refractivity contribution >= 4 is 11.6 Å². The van der Waals surface area contributed by atoms with Crippen LogP contribution in [0.5, 0.6) is 0 Å². The van der Waals surface area contributed by atoms with Gasteiger partial charge in [-0.2, -0.15) is 0 Å². The summed E-state index contributed by atoms with van der Waals surface area (Å²) in [7, 11) is 1.72. The number of benzene rings is 1. The Balaban J connectivity index is 2.00. The number of hydrogen-bond acceptors (Lipinski definition) is 3. The van der Waals surface area contributed by atoms with Crippen molar-refractivity contribution < 1.29 is 9.53 Å². The van der Waals surface area contributed by atoms with Crippen LogP contribution in [0.4, 0.5) is 5.69 Å². The molecule has 1 aliphatic rings. The Hall–Kier alpha value is -1.55. The number of aryl methyl sites for hydroxylation is 1. The van der Waals surface area contributed by atoms with Crippen LogP contribution < -0.4 is 11.1 Å². The highest BCUT2D eigenvalue weighted by Gasteiger charge is 2.26. The third-order valence-corrected chi connectivity index (χ3v) is 3.50. The van der Waals surface area contributed by atoms with Gasteiger partial charge in [-0.15, -0.1) is 0 Å². The fourth-order valence-corrected chi connectivity index (χ4v) is 2.44. The number of hydrogen-bond donors (Lipinski definition) is 2. The van der Waals surface area contributed by atoms with Gasteiger partial charge in [0.05, 0.1) is 11.7 Å². The molecule has 3 N–H and O–H groups in total. The quantitative estimate of drug-likeness (QED) is 0.803. The Morgan fingerprint density at radius 3 is 2.83 bits per heavy atom. The molecule has 2 rings (SSSR count). The normalized spacial score (nSPS) is 23.0. The van der Waals surface area contributed by atoms with E-state index in [1.165, 1.54) is 0 Å². The Morgan fingerprint density at radius 1 is 1.44 bits per heavy atom. The molecule has 0 heterocycles. The highest BCUT2D eigenvalue weighted by molar-refractivity contribution is 5.99. The van der Waals surface area contributed by atoms with Gasteiger partial charge in [0.25, 0.3) is 5.91 Å². The maximum absolute atomic E-state index is 12.1. The second kappa shape index (κ2) is 5.40. The standard InChI is InChI=1S/C14H20N2O2/c1-9-3-6-12(13(15)7-9)14(17)16-10-4-5-11(8-10)18-2/h3,6-7,10-11H,4-5,8,15H2,1-2H3,(H,16,17). The van der Waals surface area contributed by atoms with E-state index in [0.29, 0.717) is 11.3 Å². The summed E-state index contributed by atoms with van der Waals surface area (Å²) in [4.78, 5) is 12.1. The van der Waals surface area contributed by atoms with Gasteiger partial charge in [-0.05, 0) is 43.9 Å². The van der Waals surface area contributed by atoms with Crippen LogP contribution in [0.1, 0.15) is 35.2 Å². The fraction of sp³-hybridized carbons (Fsp3) is 0.500. The van der Waals surface area contributed by atoms with Crippen LogP contribution in [0, 0.1) is 6.92 Å². The molecule has 0 saturated heterocycles. The van der Waals surface area contributed by atoms with Gasteiger partial charge in [-0.1, -0.05) is 6.07 Å². The van der Waals surface area contributed by atoms with E-state index < -0.39 is 0 Å². The molecular formula is C14H20N2O2. The van der Waals surface area contributed by atoms with Gasteiger partial charge < -0.3 is 15.8 Å². The van der Waals surface area contributed by atoms with Crippen LogP contribution in [-0.4, -0.2) is 25.2 Å². The summed E-state index contributed by atoms with van der Waals surface area (Å²) >= 11 is 0. The minimum atomic E-state index is -0.0887. The van der Waals surface area contributed by atoms with Crippen molar-refractivity contribution in [2.24, 2.45) is 0 Å². The van der Waals surface area contributed by atoms with Gasteiger partial charge in [0, 0.05) is 18.8 Å². The van der Waals surface area contributed by atoms with Crippen molar-refractivity contribution in [3.63, 3.8) is 0 Å². The molecule has 98 valence electrons. The number of ether oxygens (including phenoxy) is 1. The van der Waals surface area contributed by atoms with Crippen LogP contribution in [0.15, 0.2) is 18.2 Å². The zero-order valence-electron chi connectivity index (χ0n) is 10.9. The molecule has 1 amide bonds. The van der Waals surface area contributed by atoms with Crippen molar-refractivity contribution in [2.45, 2.75) is 38.3 Å². The van der Waals surface area contributed by atoms with Crippen LogP contribution in [0.25, 0.3) is 0 Å². The van der Waals surface area contributed by atoms with Gasteiger partial charge in [0.15, 0.2) is 0 Å². The number of rotatable bonds is 3. The van der Waals surface area contributed by atoms with Gasteiger partial charge >= 0.3 is 0 Å². The maximum Gasteiger partial charge on any atom is 0.253 e. The van der Waals surface area contributed by atoms with Crippen molar-refractivity contribution in [3.05, 3.63) is 29.3 Å². The Morgan fingerprint density at radius 2 is 2.22 bits per heavy atom. The van der Waals surface area contributed by atoms with E-state index in [0.717, 1.165) is 24.8 Å². The van der Waals surface area contributed by atoms with Gasteiger partial charge in [-0.3, -0.25) is 4.79 Å². The lowest BCUT2D eigenvalue weighted by Crippen LogP contribution is -2.33. The average molecular weight is 248 g/mol. The van der Waals surface area contributed by atoms with E-state index in [9.17, 15) is 4.79 Å². The monoisotopic (exact) mass is 248 g/mol. The summed E-state index contributed by atoms with van der Waals surface area (Å²) in [6, 6.07) is 5.70. The number of methoxy groups -OCH3 is 1. The van der Waals surface area contributed by atoms with Gasteiger partial charge in [0.2, 0.25) is 0 Å². The first kappa shape index (κ1) is 12.9. The molecule has 1 fully saturated rings. The van der Waals surface area contributed by atoms with Crippen LogP contribution in [0.3, 0.4) is 0 Å². The third kappa shape index (κ3) is 2.82. The Kier molecular flexibility index (Phi) is 3.87. The van der Waals surface area contributed by atoms with E-state index in [1.54, 1.807) is 13.2 Å². The van der Waals surface area contributed by atoms with E-state index >= 15 is 0 Å². The molecule has 1 aromatic carbocycles. The van der Waals surface area contributed by atoms with Crippen LogP contribution >= 0.6 is 0 Å². The van der Waals surface area contributed by atoms with E-state index in [2.05, 4.69) is 5.32 Å². The van der Waals surface area contributed by atoms with E-state index in [-0.39, 0.29) is 18.1 Å². The number of carbonyl (C=O) groups is 1. The van der Waals surface area contributed by atoms with Crippen molar-refractivity contribution in [3.8, 4) is 0 Å². The molecule has 1 saturated carbocycles. The van der Waals surface area contributed by atoms with Crippen LogP contribution in [-0.2, 0) is 4.74 Å². The molecule has 18 heavy (non-hydrogen) atoms. The lowest BCUT2D eigenvalue weighted by Gasteiger charge is -2.14. The number of amides is 1. The number of carbonyl (C=O) groups excluding carboxylic acids is 1. The first-order chi connectivity index (χ1) is 8.60. The van der Waals surface area contributed by atoms with Crippen molar-refractivity contribution in [1.29, 1.82) is 0 Å². The minimum absolute atomic E-state index is 0.0887. The zero-order chi connectivity index (χ0) is 13.1. The first-order valence-electron chi connectivity index (χ1n) is 6.30. The van der Waals surface area contributed by atoms with Crippen molar-refractivity contribution in [2.75, 3.05) is 12.8 Å². The molecule has 4 nitrogen and oxygen atoms in total. The summed E-state index contributed by atoms with van der Waals surface area (Å²) in [5.41, 5.74) is 8.02. The molecule has 2 unspecified atom stereocenters. The van der Waals surface area contributed by atoms with Gasteiger partial charge in [0.1, 0.15) is 0 Å². The summed E-state index contributed by atoms with van der Waals surface area (Å²) in [6.45, 7) is 1.96. The highest BCUT2D eigenvalue weighted by Crippen LogP contribution is 2.22. The number of nitrogens with one attached hydrogen (secondary N) is 1. The summed E-state index contributed by atoms with van der Waals surface area (Å²) in [6.07, 6.45) is 3.13. The van der Waals surface area contributed by atoms with Crippen LogP contribution in [0.2, 0.25) is 0 Å². The predicted molar refractivity (Wildman–Crippen MR) is 71.5 cm³/mol. The smallest absolute Gasteiger partial charge is 0.253 e. The molecule has 0 bridgehead atoms. The Labute approximate surface area is 108 Å². The maximum atomic E-state index is 12.1. The second-order valence-corrected chi connectivity index (χ2v) is 4.93. The summed E-state index contributed by atoms with van der Waals surface area (Å²) in [5.74, 6) is -0.0887. The Bertz CT molecular complexity index is 445. The summed E-state index contributed by atoms with van der Waals surface area (Å²) in [5, 5.41) is 3.02. The molecule has 4 heteroatoms. The number of nitrogen functional groups attached to an aromatic ring is 1. The lowest BCUT2D eigenvalue weighted by molar-refractivity contribution is 0.0916. The molecule has 0 aliphatic heterocycles. The second-order valence-electron chi connectivity index (χ2n) is 4.93. The average Bonchev–Trinajstić information content (AvgIpc) is 2.76. The molecule has 2 atom stereocenters. The molecular weight excluding hydrogens is 228 g/mol. The molecule has 1 aliphatic carbocycles. The SMILES string of the molecule is COC1CCC(NC(=O)c2ccc(C)cc2N)C1. The van der Waals surface area contributed by atoms with E-state index in [1.807, 2.05) is 19.1 Å². The molecule has 0 aromatic heterocycles. The lowest BCUT2D eigenvalue weighted by atomic mass is 10.1. The highest BCUT2D eigenvalue weighted by atomic mass is 16.5. The molecule has 0 spiro atoms. The predicted octanol–water partition coefficient (Wildman–Crippen LogP) is 1.87. The topological polar surface area (TPSA) is 64.3 Å². The number of nitrogens with two attached hydrogens (primary N) is 1. The largest absolute Gasteiger partial charge is 0.398 e. The fourth-order valence-electron chi connectivity index (χ4n) is 2.44. The third-order valence-electron chi connectivity index (χ3n) is 3.50.